The molecule has 74 valence electrons. The first-order valence-corrected chi connectivity index (χ1v) is 3.46. The second-order valence-corrected chi connectivity index (χ2v) is 2.60. The van der Waals surface area contributed by atoms with Crippen LogP contribution in [-0.2, 0) is 0 Å². The summed E-state index contributed by atoms with van der Waals surface area (Å²) in [6, 6.07) is 7.46. The summed E-state index contributed by atoms with van der Waals surface area (Å²) in [6.45, 7) is 0. The lowest BCUT2D eigenvalue weighted by molar-refractivity contribution is 0.112. The third-order valence-corrected chi connectivity index (χ3v) is 1.55. The smallest absolute Gasteiger partial charge is 0.150 e. The first-order valence-electron chi connectivity index (χ1n) is 3.46. The molecule has 3 nitrogen and oxygen atoms in total. The van der Waals surface area contributed by atoms with Crippen molar-refractivity contribution >= 4 is 24.4 Å². The van der Waals surface area contributed by atoms with E-state index in [1.807, 2.05) is 43.3 Å². The second-order valence-electron chi connectivity index (χ2n) is 2.60. The standard InChI is InChI=1S/C9H11NO.ClH.H2O/c1-10(2)9-5-3-8(7-11)4-6-9;;/h3-7H,1-2H3;1H;1H2. The quantitative estimate of drug-likeness (QED) is 0.678. The lowest BCUT2D eigenvalue weighted by Gasteiger charge is -2.11. The van der Waals surface area contributed by atoms with Gasteiger partial charge in [-0.1, -0.05) is 0 Å². The highest BCUT2D eigenvalue weighted by Gasteiger charge is 1.93. The van der Waals surface area contributed by atoms with Crippen LogP contribution in [0.3, 0.4) is 0 Å². The molecule has 1 aromatic rings. The third-order valence-electron chi connectivity index (χ3n) is 1.55. The van der Waals surface area contributed by atoms with E-state index in [1.165, 1.54) is 0 Å². The zero-order valence-electron chi connectivity index (χ0n) is 7.65. The van der Waals surface area contributed by atoms with E-state index in [2.05, 4.69) is 0 Å². The zero-order valence-corrected chi connectivity index (χ0v) is 8.47. The fraction of sp³-hybridized carbons (Fsp3) is 0.222. The van der Waals surface area contributed by atoms with E-state index in [9.17, 15) is 4.79 Å². The molecule has 1 rings (SSSR count). The van der Waals surface area contributed by atoms with Gasteiger partial charge in [0.15, 0.2) is 0 Å². The largest absolute Gasteiger partial charge is 0.412 e. The van der Waals surface area contributed by atoms with E-state index in [1.54, 1.807) is 0 Å². The molecule has 1 aromatic carbocycles. The van der Waals surface area contributed by atoms with E-state index >= 15 is 0 Å². The highest BCUT2D eigenvalue weighted by atomic mass is 35.5. The van der Waals surface area contributed by atoms with Gasteiger partial charge in [0, 0.05) is 25.3 Å². The SMILES string of the molecule is CN(C)c1ccc(C=O)cc1.Cl.O. The normalized spacial score (nSPS) is 7.85. The molecular weight excluding hydrogens is 190 g/mol. The van der Waals surface area contributed by atoms with Crippen LogP contribution in [0.2, 0.25) is 0 Å². The number of hydrogen-bond acceptors (Lipinski definition) is 2. The van der Waals surface area contributed by atoms with Crippen LogP contribution in [-0.4, -0.2) is 25.9 Å². The van der Waals surface area contributed by atoms with Gasteiger partial charge in [0.1, 0.15) is 6.29 Å². The molecule has 2 N–H and O–H groups in total. The van der Waals surface area contributed by atoms with Crippen molar-refractivity contribution in [1.29, 1.82) is 0 Å². The van der Waals surface area contributed by atoms with Gasteiger partial charge in [-0.25, -0.2) is 0 Å². The van der Waals surface area contributed by atoms with E-state index in [0.29, 0.717) is 0 Å². The lowest BCUT2D eigenvalue weighted by atomic mass is 10.2. The Morgan fingerprint density at radius 3 is 1.92 bits per heavy atom. The molecule has 0 fully saturated rings. The summed E-state index contributed by atoms with van der Waals surface area (Å²) >= 11 is 0. The van der Waals surface area contributed by atoms with Crippen LogP contribution in [0.4, 0.5) is 5.69 Å². The van der Waals surface area contributed by atoms with E-state index in [-0.39, 0.29) is 17.9 Å². The third kappa shape index (κ3) is 3.92. The fourth-order valence-corrected chi connectivity index (χ4v) is 0.851. The Kier molecular flexibility index (Phi) is 7.18. The Hall–Kier alpha value is -1.06. The molecular formula is C9H14ClNO2. The van der Waals surface area contributed by atoms with Gasteiger partial charge >= 0.3 is 0 Å². The maximum Gasteiger partial charge on any atom is 0.150 e. The maximum atomic E-state index is 10.3. The van der Waals surface area contributed by atoms with Gasteiger partial charge in [-0.3, -0.25) is 4.79 Å². The van der Waals surface area contributed by atoms with Gasteiger partial charge in [-0.2, -0.15) is 0 Å². The van der Waals surface area contributed by atoms with Crippen molar-refractivity contribution in [2.45, 2.75) is 0 Å². The topological polar surface area (TPSA) is 51.8 Å². The molecule has 0 amide bonds. The predicted octanol–water partition coefficient (Wildman–Crippen LogP) is 1.16. The summed E-state index contributed by atoms with van der Waals surface area (Å²) in [7, 11) is 3.94. The molecule has 13 heavy (non-hydrogen) atoms. The number of benzene rings is 1. The molecule has 0 heterocycles. The number of nitrogens with zero attached hydrogens (tertiary/aromatic N) is 1. The molecule has 0 aromatic heterocycles. The van der Waals surface area contributed by atoms with E-state index < -0.39 is 0 Å². The molecule has 0 spiro atoms. The molecule has 4 heteroatoms. The summed E-state index contributed by atoms with van der Waals surface area (Å²) in [6.07, 6.45) is 0.847. The molecule has 0 saturated carbocycles. The summed E-state index contributed by atoms with van der Waals surface area (Å²) < 4.78 is 0. The van der Waals surface area contributed by atoms with Crippen LogP contribution in [0.15, 0.2) is 24.3 Å². The maximum absolute atomic E-state index is 10.3. The number of halogens is 1. The lowest BCUT2D eigenvalue weighted by Crippen LogP contribution is -2.08. The van der Waals surface area contributed by atoms with Crippen LogP contribution >= 0.6 is 12.4 Å². The average molecular weight is 204 g/mol. The van der Waals surface area contributed by atoms with Crippen LogP contribution < -0.4 is 4.90 Å². The molecule has 0 bridgehead atoms. The van der Waals surface area contributed by atoms with Gasteiger partial charge in [0.25, 0.3) is 0 Å². The van der Waals surface area contributed by atoms with Crippen molar-refractivity contribution < 1.29 is 10.3 Å². The number of carbonyl (C=O) groups is 1. The molecule has 0 aliphatic carbocycles. The second kappa shape index (κ2) is 6.46. The van der Waals surface area contributed by atoms with Crippen molar-refractivity contribution in [2.24, 2.45) is 0 Å². The van der Waals surface area contributed by atoms with E-state index in [0.717, 1.165) is 17.5 Å². The van der Waals surface area contributed by atoms with Gasteiger partial charge in [-0.15, -0.1) is 12.4 Å². The van der Waals surface area contributed by atoms with E-state index in [4.69, 9.17) is 0 Å². The highest BCUT2D eigenvalue weighted by molar-refractivity contribution is 5.85. The highest BCUT2D eigenvalue weighted by Crippen LogP contribution is 2.10. The Morgan fingerprint density at radius 2 is 1.62 bits per heavy atom. The number of rotatable bonds is 2. The van der Waals surface area contributed by atoms with Gasteiger partial charge in [0.2, 0.25) is 0 Å². The van der Waals surface area contributed by atoms with Gasteiger partial charge < -0.3 is 10.4 Å². The van der Waals surface area contributed by atoms with Gasteiger partial charge in [-0.05, 0) is 24.3 Å². The number of anilines is 1. The van der Waals surface area contributed by atoms with Crippen LogP contribution in [0.25, 0.3) is 0 Å². The molecule has 0 unspecified atom stereocenters. The van der Waals surface area contributed by atoms with Crippen molar-refractivity contribution in [2.75, 3.05) is 19.0 Å². The van der Waals surface area contributed by atoms with Gasteiger partial charge in [0.05, 0.1) is 0 Å². The van der Waals surface area contributed by atoms with Crippen molar-refractivity contribution in [3.63, 3.8) is 0 Å². The number of carbonyl (C=O) groups excluding carboxylic acids is 1. The predicted molar refractivity (Wildman–Crippen MR) is 57.0 cm³/mol. The summed E-state index contributed by atoms with van der Waals surface area (Å²) in [5.41, 5.74) is 1.83. The Bertz CT molecular complexity index is 246. The molecule has 0 aliphatic rings. The average Bonchev–Trinajstić information content (AvgIpc) is 2.05. The Labute approximate surface area is 84.1 Å². The minimum Gasteiger partial charge on any atom is -0.412 e. The monoisotopic (exact) mass is 203 g/mol. The van der Waals surface area contributed by atoms with Crippen LogP contribution in [0.5, 0.6) is 0 Å². The first kappa shape index (κ1) is 14.5. The minimum absolute atomic E-state index is 0. The van der Waals surface area contributed by atoms with Crippen LogP contribution in [0, 0.1) is 0 Å². The first-order chi connectivity index (χ1) is 5.24. The minimum atomic E-state index is 0. The van der Waals surface area contributed by atoms with Crippen molar-refractivity contribution in [1.82, 2.24) is 0 Å². The molecule has 0 radical (unpaired) electrons. The summed E-state index contributed by atoms with van der Waals surface area (Å²) in [5.74, 6) is 0. The summed E-state index contributed by atoms with van der Waals surface area (Å²) in [4.78, 5) is 12.3. The summed E-state index contributed by atoms with van der Waals surface area (Å²) in [5, 5.41) is 0. The Morgan fingerprint density at radius 1 is 1.15 bits per heavy atom. The van der Waals surface area contributed by atoms with Crippen LogP contribution in [0.1, 0.15) is 10.4 Å². The molecule has 0 saturated heterocycles. The molecule has 0 atom stereocenters. The molecule has 0 aliphatic heterocycles. The van der Waals surface area contributed by atoms with Crippen molar-refractivity contribution in [3.8, 4) is 0 Å². The van der Waals surface area contributed by atoms with Crippen molar-refractivity contribution in [3.05, 3.63) is 29.8 Å². The number of hydrogen-bond donors (Lipinski definition) is 0. The fourth-order valence-electron chi connectivity index (χ4n) is 0.851. The zero-order chi connectivity index (χ0) is 8.27. The Balaban J connectivity index is 0. The number of aldehydes is 1.